The molecule has 0 atom stereocenters. The Morgan fingerprint density at radius 1 is 1.20 bits per heavy atom. The molecule has 0 bridgehead atoms. The summed E-state index contributed by atoms with van der Waals surface area (Å²) in [6.45, 7) is 0.451. The maximum atomic E-state index is 13.3. The van der Waals surface area contributed by atoms with E-state index in [4.69, 9.17) is 5.11 Å². The van der Waals surface area contributed by atoms with Gasteiger partial charge < -0.3 is 15.3 Å². The van der Waals surface area contributed by atoms with Gasteiger partial charge in [0.2, 0.25) is 0 Å². The third kappa shape index (κ3) is 3.01. The molecule has 0 aliphatic carbocycles. The van der Waals surface area contributed by atoms with E-state index >= 15 is 0 Å². The fraction of sp³-hybridized carbons (Fsp3) is 0.333. The van der Waals surface area contributed by atoms with E-state index in [0.29, 0.717) is 12.1 Å². The number of nitrogens with one attached hydrogen (secondary N) is 1. The monoisotopic (exact) mass is 288 g/mol. The fourth-order valence-corrected chi connectivity index (χ4v) is 1.92. The summed E-state index contributed by atoms with van der Waals surface area (Å²) in [4.78, 5) is 23.4. The van der Waals surface area contributed by atoms with Crippen LogP contribution in [0.2, 0.25) is 0 Å². The zero-order valence-corrected chi connectivity index (χ0v) is 10.2. The van der Waals surface area contributed by atoms with E-state index < -0.39 is 35.1 Å². The van der Waals surface area contributed by atoms with Gasteiger partial charge in [0.25, 0.3) is 0 Å². The number of carboxylic acid groups (broad SMARTS) is 1. The second-order valence-corrected chi connectivity index (χ2v) is 4.55. The lowest BCUT2D eigenvalue weighted by molar-refractivity contribution is -0.139. The van der Waals surface area contributed by atoms with Crippen LogP contribution in [-0.4, -0.2) is 35.1 Å². The minimum absolute atomic E-state index is 0.0523. The molecule has 2 N–H and O–H groups in total. The first-order chi connectivity index (χ1) is 9.36. The van der Waals surface area contributed by atoms with Crippen LogP contribution in [0, 0.1) is 23.4 Å². The average molecular weight is 288 g/mol. The van der Waals surface area contributed by atoms with Crippen molar-refractivity contribution in [2.75, 3.05) is 18.4 Å². The summed E-state index contributed by atoms with van der Waals surface area (Å²) in [5.74, 6) is -4.80. The fourth-order valence-electron chi connectivity index (χ4n) is 1.92. The lowest BCUT2D eigenvalue weighted by Crippen LogP contribution is -2.52. The van der Waals surface area contributed by atoms with Crippen LogP contribution in [0.4, 0.5) is 23.7 Å². The third-order valence-electron chi connectivity index (χ3n) is 2.96. The molecular formula is C12H11F3N2O3. The smallest absolute Gasteiger partial charge is 0.321 e. The summed E-state index contributed by atoms with van der Waals surface area (Å²) < 4.78 is 39.0. The highest BCUT2D eigenvalue weighted by Gasteiger charge is 2.32. The number of carboxylic acids is 1. The maximum absolute atomic E-state index is 13.3. The minimum Gasteiger partial charge on any atom is -0.481 e. The van der Waals surface area contributed by atoms with Crippen LogP contribution in [0.15, 0.2) is 12.1 Å². The second-order valence-electron chi connectivity index (χ2n) is 4.55. The van der Waals surface area contributed by atoms with Gasteiger partial charge in [-0.15, -0.1) is 0 Å². The van der Waals surface area contributed by atoms with Gasteiger partial charge in [-0.25, -0.2) is 18.0 Å². The Morgan fingerprint density at radius 2 is 1.80 bits per heavy atom. The molecule has 2 amide bonds. The van der Waals surface area contributed by atoms with E-state index in [2.05, 4.69) is 5.32 Å². The predicted octanol–water partition coefficient (Wildman–Crippen LogP) is 2.04. The van der Waals surface area contributed by atoms with E-state index in [9.17, 15) is 22.8 Å². The summed E-state index contributed by atoms with van der Waals surface area (Å²) in [7, 11) is 0. The van der Waals surface area contributed by atoms with Crippen molar-refractivity contribution < 1.29 is 27.9 Å². The van der Waals surface area contributed by atoms with Crippen LogP contribution in [-0.2, 0) is 4.79 Å². The summed E-state index contributed by atoms with van der Waals surface area (Å²) in [5, 5.41) is 10.7. The molecule has 1 saturated heterocycles. The normalized spacial score (nSPS) is 14.8. The molecule has 0 aromatic heterocycles. The topological polar surface area (TPSA) is 69.6 Å². The van der Waals surface area contributed by atoms with E-state index in [0.717, 1.165) is 0 Å². The minimum atomic E-state index is -1.34. The molecule has 0 radical (unpaired) electrons. The number of carbonyl (C=O) groups is 2. The largest absolute Gasteiger partial charge is 0.481 e. The number of amides is 2. The first kappa shape index (κ1) is 14.2. The van der Waals surface area contributed by atoms with Gasteiger partial charge in [0.05, 0.1) is 12.1 Å². The van der Waals surface area contributed by atoms with Crippen molar-refractivity contribution in [3.8, 4) is 0 Å². The van der Waals surface area contributed by atoms with Crippen molar-refractivity contribution in [1.82, 2.24) is 4.90 Å². The maximum Gasteiger partial charge on any atom is 0.321 e. The highest BCUT2D eigenvalue weighted by molar-refractivity contribution is 5.90. The van der Waals surface area contributed by atoms with E-state index in [1.807, 2.05) is 0 Å². The molecule has 1 aromatic carbocycles. The van der Waals surface area contributed by atoms with Gasteiger partial charge in [0.15, 0.2) is 11.6 Å². The number of urea groups is 1. The van der Waals surface area contributed by atoms with Crippen molar-refractivity contribution in [3.63, 3.8) is 0 Å². The molecule has 1 fully saturated rings. The Balaban J connectivity index is 1.93. The molecule has 8 heteroatoms. The number of rotatable bonds is 3. The van der Waals surface area contributed by atoms with E-state index in [1.165, 1.54) is 4.90 Å². The molecule has 1 aromatic rings. The molecule has 0 spiro atoms. The molecule has 1 heterocycles. The third-order valence-corrected chi connectivity index (χ3v) is 2.96. The second kappa shape index (κ2) is 5.40. The van der Waals surface area contributed by atoms with Crippen LogP contribution < -0.4 is 5.32 Å². The number of halogens is 3. The van der Waals surface area contributed by atoms with E-state index in [-0.39, 0.29) is 25.4 Å². The van der Waals surface area contributed by atoms with Crippen molar-refractivity contribution in [2.45, 2.75) is 6.42 Å². The lowest BCUT2D eigenvalue weighted by Gasteiger charge is -2.38. The Kier molecular flexibility index (Phi) is 3.82. The Labute approximate surface area is 112 Å². The number of carbonyl (C=O) groups excluding carboxylic acids is 1. The Hall–Kier alpha value is -2.25. The molecular weight excluding hydrogens is 277 g/mol. The number of anilines is 1. The standard InChI is InChI=1S/C12H11F3N2O3/c13-7-2-9(15)10(3-8(7)14)16-12(20)17-4-6(5-17)1-11(18)19/h2-3,6H,1,4-5H2,(H,16,20)(H,18,19). The molecule has 0 unspecified atom stereocenters. The van der Waals surface area contributed by atoms with Gasteiger partial charge in [0, 0.05) is 31.1 Å². The molecule has 20 heavy (non-hydrogen) atoms. The van der Waals surface area contributed by atoms with Crippen LogP contribution in [0.5, 0.6) is 0 Å². The Bertz CT molecular complexity index is 559. The van der Waals surface area contributed by atoms with Crippen LogP contribution in [0.1, 0.15) is 6.42 Å². The van der Waals surface area contributed by atoms with Gasteiger partial charge >= 0.3 is 12.0 Å². The number of nitrogens with zero attached hydrogens (tertiary/aromatic N) is 1. The van der Waals surface area contributed by atoms with Gasteiger partial charge in [-0.2, -0.15) is 0 Å². The molecule has 0 saturated carbocycles. The summed E-state index contributed by atoms with van der Waals surface area (Å²) in [6.07, 6.45) is -0.0523. The van der Waals surface area contributed by atoms with Crippen LogP contribution in [0.3, 0.4) is 0 Å². The molecule has 1 aliphatic rings. The van der Waals surface area contributed by atoms with Crippen molar-refractivity contribution in [1.29, 1.82) is 0 Å². The molecule has 2 rings (SSSR count). The number of hydrogen-bond acceptors (Lipinski definition) is 2. The summed E-state index contributed by atoms with van der Waals surface area (Å²) in [5.41, 5.74) is -0.462. The van der Waals surface area contributed by atoms with Crippen molar-refractivity contribution in [3.05, 3.63) is 29.6 Å². The molecule has 1 aliphatic heterocycles. The van der Waals surface area contributed by atoms with Crippen molar-refractivity contribution >= 4 is 17.7 Å². The highest BCUT2D eigenvalue weighted by atomic mass is 19.2. The number of aliphatic carboxylic acids is 1. The molecule has 108 valence electrons. The average Bonchev–Trinajstić information content (AvgIpc) is 2.29. The SMILES string of the molecule is O=C(O)CC1CN(C(=O)Nc2cc(F)c(F)cc2F)C1. The summed E-state index contributed by atoms with van der Waals surface area (Å²) in [6, 6.07) is 0.210. The first-order valence-corrected chi connectivity index (χ1v) is 5.79. The molecule has 5 nitrogen and oxygen atoms in total. The number of hydrogen-bond donors (Lipinski definition) is 2. The van der Waals surface area contributed by atoms with E-state index in [1.54, 1.807) is 0 Å². The van der Waals surface area contributed by atoms with Gasteiger partial charge in [-0.3, -0.25) is 4.79 Å². The number of likely N-dealkylation sites (tertiary alicyclic amines) is 1. The van der Waals surface area contributed by atoms with Crippen molar-refractivity contribution in [2.24, 2.45) is 5.92 Å². The predicted molar refractivity (Wildman–Crippen MR) is 62.7 cm³/mol. The van der Waals surface area contributed by atoms with Gasteiger partial charge in [-0.1, -0.05) is 0 Å². The van der Waals surface area contributed by atoms with Gasteiger partial charge in [0.1, 0.15) is 5.82 Å². The zero-order valence-electron chi connectivity index (χ0n) is 10.2. The Morgan fingerprint density at radius 3 is 2.40 bits per heavy atom. The van der Waals surface area contributed by atoms with Crippen LogP contribution in [0.25, 0.3) is 0 Å². The lowest BCUT2D eigenvalue weighted by atomic mass is 9.97. The van der Waals surface area contributed by atoms with Gasteiger partial charge in [-0.05, 0) is 0 Å². The van der Waals surface area contributed by atoms with Crippen LogP contribution >= 0.6 is 0 Å². The highest BCUT2D eigenvalue weighted by Crippen LogP contribution is 2.22. The first-order valence-electron chi connectivity index (χ1n) is 5.79. The number of benzene rings is 1. The quantitative estimate of drug-likeness (QED) is 0.836. The summed E-state index contributed by atoms with van der Waals surface area (Å²) >= 11 is 0. The zero-order chi connectivity index (χ0) is 14.9.